The second kappa shape index (κ2) is 6.60. The number of benzene rings is 2. The molecule has 23 heavy (non-hydrogen) atoms. The SMILES string of the molecule is COC(=O)c1ccc(OC)cc1-c1ccccc1OC(F)(F)F. The van der Waals surface area contributed by atoms with Gasteiger partial charge in [-0.2, -0.15) is 0 Å². The van der Waals surface area contributed by atoms with E-state index in [4.69, 9.17) is 4.74 Å². The van der Waals surface area contributed by atoms with E-state index in [1.54, 1.807) is 6.07 Å². The Bertz CT molecular complexity index is 711. The molecule has 0 unspecified atom stereocenters. The third-order valence-corrected chi connectivity index (χ3v) is 3.03. The van der Waals surface area contributed by atoms with Crippen molar-refractivity contribution in [2.45, 2.75) is 6.36 Å². The number of hydrogen-bond donors (Lipinski definition) is 0. The van der Waals surface area contributed by atoms with Gasteiger partial charge in [-0.05, 0) is 24.3 Å². The van der Waals surface area contributed by atoms with Crippen LogP contribution in [-0.4, -0.2) is 26.6 Å². The summed E-state index contributed by atoms with van der Waals surface area (Å²) >= 11 is 0. The van der Waals surface area contributed by atoms with Gasteiger partial charge in [0.15, 0.2) is 0 Å². The minimum Gasteiger partial charge on any atom is -0.497 e. The van der Waals surface area contributed by atoms with Crippen LogP contribution in [0, 0.1) is 0 Å². The van der Waals surface area contributed by atoms with Crippen LogP contribution >= 0.6 is 0 Å². The van der Waals surface area contributed by atoms with Crippen LogP contribution in [0.4, 0.5) is 13.2 Å². The Hall–Kier alpha value is -2.70. The molecule has 0 fully saturated rings. The van der Waals surface area contributed by atoms with E-state index >= 15 is 0 Å². The molecule has 0 aliphatic rings. The molecule has 2 aromatic carbocycles. The first kappa shape index (κ1) is 16.7. The quantitative estimate of drug-likeness (QED) is 0.795. The molecular formula is C16H13F3O4. The van der Waals surface area contributed by atoms with Crippen molar-refractivity contribution < 1.29 is 32.2 Å². The number of methoxy groups -OCH3 is 2. The summed E-state index contributed by atoms with van der Waals surface area (Å²) in [6.45, 7) is 0. The highest BCUT2D eigenvalue weighted by Crippen LogP contribution is 2.37. The summed E-state index contributed by atoms with van der Waals surface area (Å²) in [7, 11) is 2.60. The maximum atomic E-state index is 12.6. The fraction of sp³-hybridized carbons (Fsp3) is 0.188. The van der Waals surface area contributed by atoms with Crippen molar-refractivity contribution in [2.24, 2.45) is 0 Å². The van der Waals surface area contributed by atoms with Crippen LogP contribution in [-0.2, 0) is 4.74 Å². The monoisotopic (exact) mass is 326 g/mol. The van der Waals surface area contributed by atoms with Crippen LogP contribution in [0.2, 0.25) is 0 Å². The first-order valence-corrected chi connectivity index (χ1v) is 6.47. The number of carbonyl (C=O) groups excluding carboxylic acids is 1. The Morgan fingerprint density at radius 2 is 1.70 bits per heavy atom. The molecular weight excluding hydrogens is 313 g/mol. The average Bonchev–Trinajstić information content (AvgIpc) is 2.52. The highest BCUT2D eigenvalue weighted by Gasteiger charge is 2.32. The van der Waals surface area contributed by atoms with Gasteiger partial charge in [-0.1, -0.05) is 18.2 Å². The summed E-state index contributed by atoms with van der Waals surface area (Å²) in [5.74, 6) is -0.711. The standard InChI is InChI=1S/C16H13F3O4/c1-21-10-7-8-12(15(20)22-2)13(9-10)11-5-3-4-6-14(11)23-16(17,18)19/h3-9H,1-2H3. The predicted octanol–water partition coefficient (Wildman–Crippen LogP) is 4.05. The minimum absolute atomic E-state index is 0.101. The Morgan fingerprint density at radius 3 is 2.30 bits per heavy atom. The number of para-hydroxylation sites is 1. The fourth-order valence-electron chi connectivity index (χ4n) is 2.06. The number of carbonyl (C=O) groups is 1. The van der Waals surface area contributed by atoms with Crippen LogP contribution in [0.3, 0.4) is 0 Å². The lowest BCUT2D eigenvalue weighted by Crippen LogP contribution is -2.17. The molecule has 2 aromatic rings. The first-order chi connectivity index (χ1) is 10.9. The van der Waals surface area contributed by atoms with Crippen molar-refractivity contribution in [2.75, 3.05) is 14.2 Å². The van der Waals surface area contributed by atoms with Gasteiger partial charge in [-0.3, -0.25) is 0 Å². The summed E-state index contributed by atoms with van der Waals surface area (Å²) in [5, 5.41) is 0. The molecule has 7 heteroatoms. The molecule has 0 aromatic heterocycles. The number of rotatable bonds is 4. The van der Waals surface area contributed by atoms with Crippen molar-refractivity contribution in [3.05, 3.63) is 48.0 Å². The van der Waals surface area contributed by atoms with Gasteiger partial charge >= 0.3 is 12.3 Å². The van der Waals surface area contributed by atoms with Crippen LogP contribution in [0.25, 0.3) is 11.1 Å². The molecule has 0 bridgehead atoms. The Kier molecular flexibility index (Phi) is 4.78. The maximum absolute atomic E-state index is 12.6. The van der Waals surface area contributed by atoms with E-state index in [0.29, 0.717) is 5.75 Å². The van der Waals surface area contributed by atoms with Gasteiger partial charge in [0.05, 0.1) is 19.8 Å². The van der Waals surface area contributed by atoms with Crippen molar-refractivity contribution in [1.29, 1.82) is 0 Å². The second-order valence-electron chi connectivity index (χ2n) is 4.45. The summed E-state index contributed by atoms with van der Waals surface area (Å²) < 4.78 is 51.5. The summed E-state index contributed by atoms with van der Waals surface area (Å²) in [4.78, 5) is 11.9. The lowest BCUT2D eigenvalue weighted by atomic mass is 9.98. The van der Waals surface area contributed by atoms with E-state index in [1.165, 1.54) is 50.6 Å². The Balaban J connectivity index is 2.63. The zero-order chi connectivity index (χ0) is 17.0. The van der Waals surface area contributed by atoms with E-state index in [-0.39, 0.29) is 16.7 Å². The normalized spacial score (nSPS) is 11.0. The molecule has 122 valence electrons. The largest absolute Gasteiger partial charge is 0.573 e. The zero-order valence-corrected chi connectivity index (χ0v) is 12.3. The van der Waals surface area contributed by atoms with E-state index in [1.807, 2.05) is 0 Å². The van der Waals surface area contributed by atoms with Gasteiger partial charge in [-0.15, -0.1) is 13.2 Å². The van der Waals surface area contributed by atoms with E-state index in [2.05, 4.69) is 9.47 Å². The molecule has 4 nitrogen and oxygen atoms in total. The first-order valence-electron chi connectivity index (χ1n) is 6.47. The molecule has 0 radical (unpaired) electrons. The molecule has 0 aliphatic heterocycles. The van der Waals surface area contributed by atoms with Crippen LogP contribution in [0.15, 0.2) is 42.5 Å². The number of hydrogen-bond acceptors (Lipinski definition) is 4. The summed E-state index contributed by atoms with van der Waals surface area (Å²) in [6.07, 6.45) is -4.85. The molecule has 0 saturated heterocycles. The van der Waals surface area contributed by atoms with Gasteiger partial charge in [0.1, 0.15) is 11.5 Å². The van der Waals surface area contributed by atoms with E-state index in [0.717, 1.165) is 0 Å². The molecule has 0 saturated carbocycles. The fourth-order valence-corrected chi connectivity index (χ4v) is 2.06. The number of halogens is 3. The van der Waals surface area contributed by atoms with E-state index in [9.17, 15) is 18.0 Å². The minimum atomic E-state index is -4.85. The zero-order valence-electron chi connectivity index (χ0n) is 12.3. The van der Waals surface area contributed by atoms with Crippen LogP contribution in [0.5, 0.6) is 11.5 Å². The summed E-state index contributed by atoms with van der Waals surface area (Å²) in [6, 6.07) is 9.92. The molecule has 0 amide bonds. The van der Waals surface area contributed by atoms with Gasteiger partial charge in [-0.25, -0.2) is 4.79 Å². The molecule has 2 rings (SSSR count). The molecule has 0 aliphatic carbocycles. The van der Waals surface area contributed by atoms with E-state index < -0.39 is 18.1 Å². The van der Waals surface area contributed by atoms with Crippen LogP contribution in [0.1, 0.15) is 10.4 Å². The third-order valence-electron chi connectivity index (χ3n) is 3.03. The Morgan fingerprint density at radius 1 is 1.00 bits per heavy atom. The lowest BCUT2D eigenvalue weighted by molar-refractivity contribution is -0.274. The smallest absolute Gasteiger partial charge is 0.497 e. The van der Waals surface area contributed by atoms with Crippen molar-refractivity contribution in [3.63, 3.8) is 0 Å². The summed E-state index contributed by atoms with van der Waals surface area (Å²) in [5.41, 5.74) is 0.423. The van der Waals surface area contributed by atoms with Gasteiger partial charge in [0.2, 0.25) is 0 Å². The highest BCUT2D eigenvalue weighted by atomic mass is 19.4. The predicted molar refractivity (Wildman–Crippen MR) is 76.5 cm³/mol. The van der Waals surface area contributed by atoms with Gasteiger partial charge < -0.3 is 14.2 Å². The van der Waals surface area contributed by atoms with Crippen molar-refractivity contribution in [3.8, 4) is 22.6 Å². The number of ether oxygens (including phenoxy) is 3. The van der Waals surface area contributed by atoms with Gasteiger partial charge in [0.25, 0.3) is 0 Å². The topological polar surface area (TPSA) is 44.8 Å². The highest BCUT2D eigenvalue weighted by molar-refractivity contribution is 5.98. The number of esters is 1. The van der Waals surface area contributed by atoms with Crippen LogP contribution < -0.4 is 9.47 Å². The second-order valence-corrected chi connectivity index (χ2v) is 4.45. The molecule has 0 spiro atoms. The Labute approximate surface area is 130 Å². The number of alkyl halides is 3. The molecule has 0 N–H and O–H groups in total. The lowest BCUT2D eigenvalue weighted by Gasteiger charge is -2.15. The third kappa shape index (κ3) is 3.94. The van der Waals surface area contributed by atoms with Crippen molar-refractivity contribution >= 4 is 5.97 Å². The average molecular weight is 326 g/mol. The molecule has 0 atom stereocenters. The van der Waals surface area contributed by atoms with Gasteiger partial charge in [0, 0.05) is 11.1 Å². The van der Waals surface area contributed by atoms with Crippen molar-refractivity contribution in [1.82, 2.24) is 0 Å². The maximum Gasteiger partial charge on any atom is 0.573 e. The molecule has 0 heterocycles.